The van der Waals surface area contributed by atoms with Crippen molar-refractivity contribution in [3.8, 4) is 0 Å². The van der Waals surface area contributed by atoms with Crippen molar-refractivity contribution in [3.05, 3.63) is 82.9 Å². The summed E-state index contributed by atoms with van der Waals surface area (Å²) in [5.74, 6) is 0.180. The molecule has 0 aliphatic heterocycles. The van der Waals surface area contributed by atoms with Crippen LogP contribution < -0.4 is 0 Å². The van der Waals surface area contributed by atoms with E-state index in [4.69, 9.17) is 11.6 Å². The minimum atomic E-state index is 0.180. The quantitative estimate of drug-likeness (QED) is 0.672. The van der Waals surface area contributed by atoms with E-state index < -0.39 is 0 Å². The molecule has 0 aromatic heterocycles. The van der Waals surface area contributed by atoms with E-state index in [1.54, 1.807) is 0 Å². The van der Waals surface area contributed by atoms with Crippen molar-refractivity contribution in [2.75, 3.05) is 0 Å². The molecule has 21 heavy (non-hydrogen) atoms. The number of rotatable bonds is 4. The second-order valence-corrected chi connectivity index (χ2v) is 5.53. The van der Waals surface area contributed by atoms with Crippen molar-refractivity contribution >= 4 is 28.2 Å². The minimum Gasteiger partial charge on any atom is -0.299 e. The van der Waals surface area contributed by atoms with Crippen molar-refractivity contribution in [1.29, 1.82) is 0 Å². The Kier molecular flexibility index (Phi) is 4.03. The first-order valence-electron chi connectivity index (χ1n) is 6.96. The number of ketones is 1. The summed E-state index contributed by atoms with van der Waals surface area (Å²) in [6.07, 6.45) is 0.815. The maximum absolute atomic E-state index is 12.3. The van der Waals surface area contributed by atoms with E-state index in [-0.39, 0.29) is 5.78 Å². The third-order valence-corrected chi connectivity index (χ3v) is 3.98. The van der Waals surface area contributed by atoms with E-state index in [1.807, 2.05) is 48.5 Å². The largest absolute Gasteiger partial charge is 0.299 e. The van der Waals surface area contributed by atoms with Crippen LogP contribution in [0, 0.1) is 0 Å². The molecular weight excluding hydrogens is 280 g/mol. The summed E-state index contributed by atoms with van der Waals surface area (Å²) in [6.45, 7) is 0. The Morgan fingerprint density at radius 1 is 0.762 bits per heavy atom. The van der Waals surface area contributed by atoms with Crippen LogP contribution in [0.2, 0.25) is 5.02 Å². The van der Waals surface area contributed by atoms with Gasteiger partial charge in [0.05, 0.1) is 0 Å². The van der Waals surface area contributed by atoms with Crippen LogP contribution in [0.3, 0.4) is 0 Å². The Morgan fingerprint density at radius 3 is 2.24 bits per heavy atom. The molecule has 3 rings (SSSR count). The monoisotopic (exact) mass is 294 g/mol. The topological polar surface area (TPSA) is 17.1 Å². The van der Waals surface area contributed by atoms with Gasteiger partial charge in [0.25, 0.3) is 0 Å². The molecule has 0 unspecified atom stereocenters. The van der Waals surface area contributed by atoms with Gasteiger partial charge >= 0.3 is 0 Å². The second kappa shape index (κ2) is 6.11. The molecule has 3 aromatic carbocycles. The van der Waals surface area contributed by atoms with Crippen LogP contribution in [0.15, 0.2) is 66.7 Å². The molecule has 1 nitrogen and oxygen atoms in total. The lowest BCUT2D eigenvalue weighted by atomic mass is 9.98. The van der Waals surface area contributed by atoms with E-state index in [2.05, 4.69) is 18.2 Å². The average molecular weight is 295 g/mol. The van der Waals surface area contributed by atoms with Gasteiger partial charge in [-0.25, -0.2) is 0 Å². The first kappa shape index (κ1) is 13.8. The number of benzene rings is 3. The van der Waals surface area contributed by atoms with Crippen LogP contribution in [-0.4, -0.2) is 5.78 Å². The zero-order valence-corrected chi connectivity index (χ0v) is 12.3. The SMILES string of the molecule is O=C(Cc1ccccc1Cl)Cc1cccc2ccccc12. The third kappa shape index (κ3) is 3.14. The van der Waals surface area contributed by atoms with Gasteiger partial charge in [-0.1, -0.05) is 72.3 Å². The predicted molar refractivity (Wildman–Crippen MR) is 87.8 cm³/mol. The summed E-state index contributed by atoms with van der Waals surface area (Å²) in [5, 5.41) is 2.97. The highest BCUT2D eigenvalue weighted by Gasteiger charge is 2.09. The molecule has 0 saturated heterocycles. The van der Waals surface area contributed by atoms with Crippen LogP contribution in [0.4, 0.5) is 0 Å². The van der Waals surface area contributed by atoms with Crippen molar-refractivity contribution in [2.45, 2.75) is 12.8 Å². The lowest BCUT2D eigenvalue weighted by molar-refractivity contribution is -0.117. The lowest BCUT2D eigenvalue weighted by Crippen LogP contribution is -2.07. The zero-order valence-electron chi connectivity index (χ0n) is 11.6. The number of hydrogen-bond acceptors (Lipinski definition) is 1. The van der Waals surface area contributed by atoms with E-state index in [9.17, 15) is 4.79 Å². The Hall–Kier alpha value is -2.12. The number of carbonyl (C=O) groups is 1. The highest BCUT2D eigenvalue weighted by molar-refractivity contribution is 6.31. The summed E-state index contributed by atoms with van der Waals surface area (Å²) in [6, 6.07) is 21.7. The van der Waals surface area contributed by atoms with Crippen LogP contribution >= 0.6 is 11.6 Å². The summed E-state index contributed by atoms with van der Waals surface area (Å²) in [4.78, 5) is 12.3. The summed E-state index contributed by atoms with van der Waals surface area (Å²) < 4.78 is 0. The molecule has 0 atom stereocenters. The van der Waals surface area contributed by atoms with Crippen LogP contribution in [0.5, 0.6) is 0 Å². The normalized spacial score (nSPS) is 10.7. The van der Waals surface area contributed by atoms with Gasteiger partial charge in [0.15, 0.2) is 0 Å². The first-order valence-corrected chi connectivity index (χ1v) is 7.33. The maximum Gasteiger partial charge on any atom is 0.141 e. The van der Waals surface area contributed by atoms with E-state index in [0.717, 1.165) is 16.5 Å². The van der Waals surface area contributed by atoms with Gasteiger partial charge in [0, 0.05) is 17.9 Å². The van der Waals surface area contributed by atoms with Gasteiger partial charge in [-0.05, 0) is 28.0 Å². The second-order valence-electron chi connectivity index (χ2n) is 5.12. The number of Topliss-reactive ketones (excluding diaryl/α,β-unsaturated/α-hetero) is 1. The average Bonchev–Trinajstić information content (AvgIpc) is 2.50. The summed E-state index contributed by atoms with van der Waals surface area (Å²) in [5.41, 5.74) is 1.97. The van der Waals surface area contributed by atoms with Crippen molar-refractivity contribution in [2.24, 2.45) is 0 Å². The third-order valence-electron chi connectivity index (χ3n) is 3.61. The molecule has 0 fully saturated rings. The minimum absolute atomic E-state index is 0.180. The van der Waals surface area contributed by atoms with Gasteiger partial charge in [0.2, 0.25) is 0 Å². The Bertz CT molecular complexity index is 787. The molecule has 2 heteroatoms. The van der Waals surface area contributed by atoms with E-state index in [0.29, 0.717) is 17.9 Å². The summed E-state index contributed by atoms with van der Waals surface area (Å²) >= 11 is 6.11. The molecule has 104 valence electrons. The molecule has 0 bridgehead atoms. The summed E-state index contributed by atoms with van der Waals surface area (Å²) in [7, 11) is 0. The molecule has 0 heterocycles. The van der Waals surface area contributed by atoms with E-state index >= 15 is 0 Å². The van der Waals surface area contributed by atoms with Crippen molar-refractivity contribution in [3.63, 3.8) is 0 Å². The fourth-order valence-electron chi connectivity index (χ4n) is 2.58. The number of carbonyl (C=O) groups excluding carboxylic acids is 1. The highest BCUT2D eigenvalue weighted by Crippen LogP contribution is 2.21. The Balaban J connectivity index is 1.82. The smallest absolute Gasteiger partial charge is 0.141 e. The Labute approximate surface area is 129 Å². The van der Waals surface area contributed by atoms with Crippen LogP contribution in [0.1, 0.15) is 11.1 Å². The fraction of sp³-hybridized carbons (Fsp3) is 0.105. The van der Waals surface area contributed by atoms with Crippen molar-refractivity contribution in [1.82, 2.24) is 0 Å². The molecule has 0 radical (unpaired) electrons. The fourth-order valence-corrected chi connectivity index (χ4v) is 2.78. The standard InChI is InChI=1S/C19H15ClO/c20-19-11-4-2-7-16(19)13-17(21)12-15-9-5-8-14-6-1-3-10-18(14)15/h1-11H,12-13H2. The lowest BCUT2D eigenvalue weighted by Gasteiger charge is -2.07. The first-order chi connectivity index (χ1) is 10.2. The maximum atomic E-state index is 12.3. The van der Waals surface area contributed by atoms with Crippen molar-refractivity contribution < 1.29 is 4.79 Å². The zero-order chi connectivity index (χ0) is 14.7. The molecule has 0 amide bonds. The molecular formula is C19H15ClO. The van der Waals surface area contributed by atoms with Gasteiger partial charge < -0.3 is 0 Å². The predicted octanol–water partition coefficient (Wildman–Crippen LogP) is 4.85. The van der Waals surface area contributed by atoms with Gasteiger partial charge in [-0.2, -0.15) is 0 Å². The van der Waals surface area contributed by atoms with Gasteiger partial charge in [-0.15, -0.1) is 0 Å². The van der Waals surface area contributed by atoms with Crippen LogP contribution in [-0.2, 0) is 17.6 Å². The Morgan fingerprint density at radius 2 is 1.38 bits per heavy atom. The van der Waals surface area contributed by atoms with Crippen LogP contribution in [0.25, 0.3) is 10.8 Å². The number of hydrogen-bond donors (Lipinski definition) is 0. The highest BCUT2D eigenvalue weighted by atomic mass is 35.5. The van der Waals surface area contributed by atoms with Gasteiger partial charge in [-0.3, -0.25) is 4.79 Å². The molecule has 0 aliphatic rings. The molecule has 0 spiro atoms. The number of fused-ring (bicyclic) bond motifs is 1. The number of halogens is 1. The van der Waals surface area contributed by atoms with Gasteiger partial charge in [0.1, 0.15) is 5.78 Å². The molecule has 0 saturated carbocycles. The molecule has 0 aliphatic carbocycles. The molecule has 0 N–H and O–H groups in total. The van der Waals surface area contributed by atoms with E-state index in [1.165, 1.54) is 5.39 Å². The molecule has 3 aromatic rings.